The number of aromatic nitrogens is 5. The quantitative estimate of drug-likeness (QED) is 0.450. The van der Waals surface area contributed by atoms with Crippen molar-refractivity contribution in [2.45, 2.75) is 31.8 Å². The van der Waals surface area contributed by atoms with E-state index in [4.69, 9.17) is 14.7 Å². The van der Waals surface area contributed by atoms with E-state index in [0.29, 0.717) is 43.1 Å². The molecule has 4 heterocycles. The van der Waals surface area contributed by atoms with Gasteiger partial charge >= 0.3 is 0 Å². The number of anilines is 1. The first-order valence-corrected chi connectivity index (χ1v) is 11.7. The summed E-state index contributed by atoms with van der Waals surface area (Å²) in [7, 11) is 1.85. The summed E-state index contributed by atoms with van der Waals surface area (Å²) in [5, 5.41) is 4.23. The van der Waals surface area contributed by atoms with E-state index in [2.05, 4.69) is 5.10 Å². The molecule has 0 bridgehead atoms. The van der Waals surface area contributed by atoms with Crippen LogP contribution in [0.1, 0.15) is 35.8 Å². The van der Waals surface area contributed by atoms with Crippen molar-refractivity contribution in [3.63, 3.8) is 0 Å². The van der Waals surface area contributed by atoms with Crippen LogP contribution in [0.4, 0.5) is 14.6 Å². The second-order valence-electron chi connectivity index (χ2n) is 9.06. The maximum Gasteiger partial charge on any atom is 0.263 e. The fraction of sp³-hybridized carbons (Fsp3) is 0.360. The van der Waals surface area contributed by atoms with E-state index < -0.39 is 11.6 Å². The van der Waals surface area contributed by atoms with Crippen LogP contribution in [0, 0.1) is 11.6 Å². The van der Waals surface area contributed by atoms with Gasteiger partial charge in [0.2, 0.25) is 0 Å². The molecule has 10 heteroatoms. The third-order valence-electron chi connectivity index (χ3n) is 6.73. The molecule has 1 saturated heterocycles. The van der Waals surface area contributed by atoms with Gasteiger partial charge in [-0.2, -0.15) is 5.10 Å². The molecular formula is C25H24F2N6O2. The van der Waals surface area contributed by atoms with E-state index in [-0.39, 0.29) is 23.1 Å². The lowest BCUT2D eigenvalue weighted by atomic mass is 9.97. The molecule has 0 radical (unpaired) electrons. The van der Waals surface area contributed by atoms with Crippen LogP contribution in [0.5, 0.6) is 0 Å². The number of ether oxygens (including phenoxy) is 1. The largest absolute Gasteiger partial charge is 0.370 e. The predicted molar refractivity (Wildman–Crippen MR) is 125 cm³/mol. The average Bonchev–Trinajstić information content (AvgIpc) is 3.30. The van der Waals surface area contributed by atoms with Crippen LogP contribution >= 0.6 is 0 Å². The number of halogens is 2. The van der Waals surface area contributed by atoms with Crippen molar-refractivity contribution >= 4 is 11.5 Å². The lowest BCUT2D eigenvalue weighted by Crippen LogP contribution is -2.39. The van der Waals surface area contributed by atoms with Gasteiger partial charge in [-0.1, -0.05) is 0 Å². The van der Waals surface area contributed by atoms with E-state index in [1.165, 1.54) is 16.5 Å². The van der Waals surface area contributed by atoms with Gasteiger partial charge in [0.1, 0.15) is 29.2 Å². The van der Waals surface area contributed by atoms with E-state index in [9.17, 15) is 13.6 Å². The summed E-state index contributed by atoms with van der Waals surface area (Å²) in [5.74, 6) is -0.799. The minimum Gasteiger partial charge on any atom is -0.370 e. The van der Waals surface area contributed by atoms with Crippen LogP contribution in [0.2, 0.25) is 0 Å². The van der Waals surface area contributed by atoms with Crippen molar-refractivity contribution in [1.29, 1.82) is 0 Å². The van der Waals surface area contributed by atoms with E-state index >= 15 is 0 Å². The Bertz CT molecular complexity index is 1500. The highest BCUT2D eigenvalue weighted by atomic mass is 19.1. The molecule has 0 unspecified atom stereocenters. The molecule has 180 valence electrons. The zero-order valence-electron chi connectivity index (χ0n) is 19.2. The minimum atomic E-state index is -0.782. The van der Waals surface area contributed by atoms with Crippen LogP contribution in [-0.4, -0.2) is 43.8 Å². The van der Waals surface area contributed by atoms with Crippen molar-refractivity contribution in [2.24, 2.45) is 7.05 Å². The molecule has 1 fully saturated rings. The first-order valence-electron chi connectivity index (χ1n) is 11.7. The number of morpholine rings is 1. The Hall–Kier alpha value is -3.66. The van der Waals surface area contributed by atoms with Crippen molar-refractivity contribution in [3.8, 4) is 11.4 Å². The van der Waals surface area contributed by atoms with Gasteiger partial charge < -0.3 is 9.64 Å². The molecule has 1 atom stereocenters. The van der Waals surface area contributed by atoms with Gasteiger partial charge in [0.15, 0.2) is 5.82 Å². The van der Waals surface area contributed by atoms with Gasteiger partial charge in [-0.05, 0) is 37.8 Å². The molecule has 8 nitrogen and oxygen atoms in total. The number of aryl methyl sites for hydroxylation is 2. The van der Waals surface area contributed by atoms with Gasteiger partial charge in [0.05, 0.1) is 24.1 Å². The van der Waals surface area contributed by atoms with E-state index in [0.717, 1.165) is 36.6 Å². The van der Waals surface area contributed by atoms with Crippen molar-refractivity contribution < 1.29 is 13.5 Å². The first kappa shape index (κ1) is 21.8. The Morgan fingerprint density at radius 2 is 1.97 bits per heavy atom. The Morgan fingerprint density at radius 3 is 2.77 bits per heavy atom. The number of benzene rings is 1. The average molecular weight is 479 g/mol. The third-order valence-corrected chi connectivity index (χ3v) is 6.73. The molecule has 3 aromatic heterocycles. The molecule has 1 aliphatic heterocycles. The Morgan fingerprint density at radius 1 is 1.11 bits per heavy atom. The molecule has 1 aromatic carbocycles. The molecule has 0 spiro atoms. The summed E-state index contributed by atoms with van der Waals surface area (Å²) in [4.78, 5) is 25.1. The molecule has 2 aliphatic rings. The lowest BCUT2D eigenvalue weighted by molar-refractivity contribution is 0.0395. The standard InChI is InChI=1S/C25H24F2N6O2/c1-31-13-15(12-28-31)21-14-32(8-9-35-21)22-11-23-29-20-5-3-2-4-18(20)25(34)33(23)24(30-22)17-7-6-16(26)10-19(17)27/h6-7,10-13,21H,2-5,8-9,14H2,1H3/t21-/m1/s1. The summed E-state index contributed by atoms with van der Waals surface area (Å²) >= 11 is 0. The Kier molecular flexibility index (Phi) is 5.32. The van der Waals surface area contributed by atoms with Gasteiger partial charge in [-0.3, -0.25) is 9.48 Å². The first-order chi connectivity index (χ1) is 17.0. The molecular weight excluding hydrogens is 454 g/mol. The fourth-order valence-electron chi connectivity index (χ4n) is 4.96. The summed E-state index contributed by atoms with van der Waals surface area (Å²) in [6.45, 7) is 1.55. The smallest absolute Gasteiger partial charge is 0.263 e. The number of rotatable bonds is 3. The van der Waals surface area contributed by atoms with Crippen LogP contribution in [0.25, 0.3) is 17.0 Å². The summed E-state index contributed by atoms with van der Waals surface area (Å²) < 4.78 is 37.7. The zero-order valence-corrected chi connectivity index (χ0v) is 19.2. The van der Waals surface area contributed by atoms with Crippen LogP contribution in [-0.2, 0) is 24.6 Å². The van der Waals surface area contributed by atoms with Gasteiger partial charge in [0, 0.05) is 49.6 Å². The Balaban J connectivity index is 1.52. The highest BCUT2D eigenvalue weighted by molar-refractivity contribution is 5.65. The van der Waals surface area contributed by atoms with Gasteiger partial charge in [-0.15, -0.1) is 0 Å². The molecule has 0 amide bonds. The van der Waals surface area contributed by atoms with Crippen LogP contribution in [0.15, 0.2) is 41.5 Å². The number of nitrogens with zero attached hydrogens (tertiary/aromatic N) is 6. The molecule has 0 saturated carbocycles. The van der Waals surface area contributed by atoms with Gasteiger partial charge in [-0.25, -0.2) is 23.1 Å². The summed E-state index contributed by atoms with van der Waals surface area (Å²) in [5.41, 5.74) is 2.61. The second-order valence-corrected chi connectivity index (χ2v) is 9.06. The number of hydrogen-bond donors (Lipinski definition) is 0. The normalized spacial score (nSPS) is 18.1. The minimum absolute atomic E-state index is 0.0509. The molecule has 35 heavy (non-hydrogen) atoms. The Labute approximate surface area is 199 Å². The van der Waals surface area contributed by atoms with E-state index in [1.807, 2.05) is 18.1 Å². The summed E-state index contributed by atoms with van der Waals surface area (Å²) in [6.07, 6.45) is 6.73. The summed E-state index contributed by atoms with van der Waals surface area (Å²) in [6, 6.07) is 5.06. The molecule has 4 aromatic rings. The van der Waals surface area contributed by atoms with Crippen molar-refractivity contribution in [1.82, 2.24) is 24.1 Å². The second kappa shape index (κ2) is 8.53. The van der Waals surface area contributed by atoms with Crippen molar-refractivity contribution in [2.75, 3.05) is 24.6 Å². The maximum absolute atomic E-state index is 14.9. The monoisotopic (exact) mass is 478 g/mol. The predicted octanol–water partition coefficient (Wildman–Crippen LogP) is 3.22. The fourth-order valence-corrected chi connectivity index (χ4v) is 4.96. The zero-order chi connectivity index (χ0) is 24.1. The maximum atomic E-state index is 14.9. The SMILES string of the molecule is Cn1cc([C@H]2CN(c3cc4nc5c(c(=O)n4c(-c4ccc(F)cc4F)n3)CCCC5)CCO2)cn1. The van der Waals surface area contributed by atoms with E-state index in [1.54, 1.807) is 16.9 Å². The highest BCUT2D eigenvalue weighted by Gasteiger charge is 2.27. The molecule has 1 aliphatic carbocycles. The highest BCUT2D eigenvalue weighted by Crippen LogP contribution is 2.30. The lowest BCUT2D eigenvalue weighted by Gasteiger charge is -2.33. The third kappa shape index (κ3) is 3.87. The number of fused-ring (bicyclic) bond motifs is 2. The topological polar surface area (TPSA) is 77.6 Å². The van der Waals surface area contributed by atoms with Crippen molar-refractivity contribution in [3.05, 3.63) is 75.5 Å². The van der Waals surface area contributed by atoms with Gasteiger partial charge in [0.25, 0.3) is 5.56 Å². The van der Waals surface area contributed by atoms with Crippen LogP contribution < -0.4 is 10.5 Å². The molecule has 0 N–H and O–H groups in total. The number of hydrogen-bond acceptors (Lipinski definition) is 6. The molecule has 6 rings (SSSR count). The van der Waals surface area contributed by atoms with Crippen LogP contribution in [0.3, 0.4) is 0 Å².